The molecule has 1 heterocycles. The molecule has 0 bridgehead atoms. The van der Waals surface area contributed by atoms with Gasteiger partial charge < -0.3 is 5.32 Å². The highest BCUT2D eigenvalue weighted by atomic mass is 79.9. The molecule has 16 heavy (non-hydrogen) atoms. The molecule has 92 valence electrons. The summed E-state index contributed by atoms with van der Waals surface area (Å²) in [4.78, 5) is 0. The zero-order valence-electron chi connectivity index (χ0n) is 10.8. The van der Waals surface area contributed by atoms with Gasteiger partial charge in [0.2, 0.25) is 0 Å². The van der Waals surface area contributed by atoms with Gasteiger partial charge in [-0.05, 0) is 42.2 Å². The van der Waals surface area contributed by atoms with Crippen molar-refractivity contribution < 1.29 is 0 Å². The monoisotopic (exact) mass is 287 g/mol. The molecule has 0 aliphatic rings. The van der Waals surface area contributed by atoms with E-state index in [1.54, 1.807) is 0 Å². The fourth-order valence-electron chi connectivity index (χ4n) is 2.01. The van der Waals surface area contributed by atoms with E-state index in [4.69, 9.17) is 0 Å². The third-order valence-electron chi connectivity index (χ3n) is 2.87. The number of hydrogen-bond acceptors (Lipinski definition) is 2. The summed E-state index contributed by atoms with van der Waals surface area (Å²) in [5.74, 6) is 0.713. The van der Waals surface area contributed by atoms with Gasteiger partial charge in [0.05, 0.1) is 15.9 Å². The summed E-state index contributed by atoms with van der Waals surface area (Å²) >= 11 is 3.61. The topological polar surface area (TPSA) is 29.9 Å². The highest BCUT2D eigenvalue weighted by Crippen LogP contribution is 2.22. The molecule has 1 aromatic heterocycles. The predicted octanol–water partition coefficient (Wildman–Crippen LogP) is 2.67. The number of nitrogens with zero attached hydrogens (tertiary/aromatic N) is 2. The quantitative estimate of drug-likeness (QED) is 0.902. The average molecular weight is 288 g/mol. The molecule has 0 aliphatic carbocycles. The van der Waals surface area contributed by atoms with Crippen molar-refractivity contribution in [3.05, 3.63) is 15.9 Å². The summed E-state index contributed by atoms with van der Waals surface area (Å²) < 4.78 is 3.13. The fourth-order valence-corrected chi connectivity index (χ4v) is 2.51. The zero-order valence-corrected chi connectivity index (χ0v) is 12.4. The van der Waals surface area contributed by atoms with Crippen LogP contribution in [0, 0.1) is 12.8 Å². The molecule has 0 radical (unpaired) electrons. The van der Waals surface area contributed by atoms with Crippen molar-refractivity contribution in [2.24, 2.45) is 13.0 Å². The summed E-state index contributed by atoms with van der Waals surface area (Å²) in [5, 5.41) is 7.80. The summed E-state index contributed by atoms with van der Waals surface area (Å²) in [5.41, 5.74) is 2.34. The van der Waals surface area contributed by atoms with E-state index in [9.17, 15) is 0 Å². The van der Waals surface area contributed by atoms with Crippen molar-refractivity contribution in [2.45, 2.75) is 39.7 Å². The summed E-state index contributed by atoms with van der Waals surface area (Å²) in [6, 6.07) is 0.520. The first-order valence-electron chi connectivity index (χ1n) is 5.81. The lowest BCUT2D eigenvalue weighted by Crippen LogP contribution is -2.30. The van der Waals surface area contributed by atoms with Crippen molar-refractivity contribution in [3.63, 3.8) is 0 Å². The Hall–Kier alpha value is -0.350. The van der Waals surface area contributed by atoms with Gasteiger partial charge in [-0.1, -0.05) is 13.8 Å². The molecule has 1 atom stereocenters. The van der Waals surface area contributed by atoms with Gasteiger partial charge in [0.25, 0.3) is 0 Å². The van der Waals surface area contributed by atoms with E-state index in [0.29, 0.717) is 12.0 Å². The van der Waals surface area contributed by atoms with Crippen LogP contribution in [0.4, 0.5) is 0 Å². The van der Waals surface area contributed by atoms with Crippen LogP contribution in [-0.2, 0) is 13.5 Å². The maximum atomic E-state index is 4.42. The van der Waals surface area contributed by atoms with Crippen LogP contribution in [0.3, 0.4) is 0 Å². The minimum atomic E-state index is 0.520. The van der Waals surface area contributed by atoms with Crippen LogP contribution >= 0.6 is 15.9 Å². The summed E-state index contributed by atoms with van der Waals surface area (Å²) in [7, 11) is 4.04. The first-order chi connectivity index (χ1) is 7.45. The standard InChI is InChI=1S/C12H22BrN3/c1-8(2)6-10(14-4)7-11-12(13)9(3)15-16(11)5/h8,10,14H,6-7H2,1-5H3. The molecule has 0 spiro atoms. The number of rotatable bonds is 5. The molecule has 0 amide bonds. The zero-order chi connectivity index (χ0) is 12.3. The Kier molecular flexibility index (Phi) is 4.99. The number of halogens is 1. The number of likely N-dealkylation sites (N-methyl/N-ethyl adjacent to an activating group) is 1. The minimum absolute atomic E-state index is 0.520. The molecule has 1 aromatic rings. The van der Waals surface area contributed by atoms with Gasteiger partial charge in [-0.2, -0.15) is 5.10 Å². The second-order valence-electron chi connectivity index (χ2n) is 4.79. The van der Waals surface area contributed by atoms with E-state index in [0.717, 1.165) is 16.6 Å². The number of nitrogens with one attached hydrogen (secondary N) is 1. The Labute approximate surface area is 107 Å². The third-order valence-corrected chi connectivity index (χ3v) is 3.90. The van der Waals surface area contributed by atoms with Crippen molar-refractivity contribution >= 4 is 15.9 Å². The second-order valence-corrected chi connectivity index (χ2v) is 5.58. The molecule has 1 rings (SSSR count). The maximum Gasteiger partial charge on any atom is 0.0738 e. The summed E-state index contributed by atoms with van der Waals surface area (Å²) in [6.45, 7) is 6.55. The molecular formula is C12H22BrN3. The van der Waals surface area contributed by atoms with Gasteiger partial charge in [-0.15, -0.1) is 0 Å². The Morgan fingerprint density at radius 2 is 2.06 bits per heavy atom. The van der Waals surface area contributed by atoms with E-state index < -0.39 is 0 Å². The van der Waals surface area contributed by atoms with E-state index >= 15 is 0 Å². The highest BCUT2D eigenvalue weighted by molar-refractivity contribution is 9.10. The lowest BCUT2D eigenvalue weighted by Gasteiger charge is -2.18. The largest absolute Gasteiger partial charge is 0.317 e. The first kappa shape index (κ1) is 13.7. The molecular weight excluding hydrogens is 266 g/mol. The smallest absolute Gasteiger partial charge is 0.0738 e. The molecule has 1 N–H and O–H groups in total. The van der Waals surface area contributed by atoms with Gasteiger partial charge in [-0.25, -0.2) is 0 Å². The second kappa shape index (κ2) is 5.82. The molecule has 0 aromatic carbocycles. The molecule has 1 unspecified atom stereocenters. The van der Waals surface area contributed by atoms with Gasteiger partial charge in [0.1, 0.15) is 0 Å². The van der Waals surface area contributed by atoms with Gasteiger partial charge >= 0.3 is 0 Å². The fraction of sp³-hybridized carbons (Fsp3) is 0.750. The van der Waals surface area contributed by atoms with Gasteiger partial charge in [0.15, 0.2) is 0 Å². The van der Waals surface area contributed by atoms with Crippen molar-refractivity contribution in [1.82, 2.24) is 15.1 Å². The van der Waals surface area contributed by atoms with Crippen molar-refractivity contribution in [3.8, 4) is 0 Å². The number of aryl methyl sites for hydroxylation is 2. The predicted molar refractivity (Wildman–Crippen MR) is 71.7 cm³/mol. The Balaban J connectivity index is 2.77. The van der Waals surface area contributed by atoms with E-state index in [-0.39, 0.29) is 0 Å². The Bertz CT molecular complexity index is 344. The van der Waals surface area contributed by atoms with Crippen LogP contribution in [0.5, 0.6) is 0 Å². The van der Waals surface area contributed by atoms with Crippen LogP contribution < -0.4 is 5.32 Å². The lowest BCUT2D eigenvalue weighted by atomic mass is 10.00. The molecule has 0 aliphatic heterocycles. The Morgan fingerprint density at radius 1 is 1.44 bits per heavy atom. The van der Waals surface area contributed by atoms with Crippen LogP contribution in [0.1, 0.15) is 31.7 Å². The van der Waals surface area contributed by atoms with Crippen LogP contribution in [0.15, 0.2) is 4.47 Å². The van der Waals surface area contributed by atoms with Crippen molar-refractivity contribution in [2.75, 3.05) is 7.05 Å². The van der Waals surface area contributed by atoms with Crippen LogP contribution in [0.25, 0.3) is 0 Å². The molecule has 0 saturated carbocycles. The highest BCUT2D eigenvalue weighted by Gasteiger charge is 2.16. The lowest BCUT2D eigenvalue weighted by molar-refractivity contribution is 0.432. The maximum absolute atomic E-state index is 4.42. The van der Waals surface area contributed by atoms with E-state index in [2.05, 4.69) is 40.2 Å². The molecule has 0 fully saturated rings. The minimum Gasteiger partial charge on any atom is -0.317 e. The Morgan fingerprint density at radius 3 is 2.44 bits per heavy atom. The average Bonchev–Trinajstić information content (AvgIpc) is 2.43. The number of aromatic nitrogens is 2. The van der Waals surface area contributed by atoms with E-state index in [1.165, 1.54) is 12.1 Å². The van der Waals surface area contributed by atoms with E-state index in [1.807, 2.05) is 25.7 Å². The normalized spacial score (nSPS) is 13.4. The third kappa shape index (κ3) is 3.32. The first-order valence-corrected chi connectivity index (χ1v) is 6.60. The molecule has 0 saturated heterocycles. The molecule has 3 nitrogen and oxygen atoms in total. The molecule has 4 heteroatoms. The van der Waals surface area contributed by atoms with Crippen LogP contribution in [-0.4, -0.2) is 22.9 Å². The van der Waals surface area contributed by atoms with Crippen molar-refractivity contribution in [1.29, 1.82) is 0 Å². The van der Waals surface area contributed by atoms with Crippen LogP contribution in [0.2, 0.25) is 0 Å². The van der Waals surface area contributed by atoms with Gasteiger partial charge in [0, 0.05) is 19.5 Å². The summed E-state index contributed by atoms with van der Waals surface area (Å²) in [6.07, 6.45) is 2.21. The SMILES string of the molecule is CNC(Cc1c(Br)c(C)nn1C)CC(C)C. The number of hydrogen-bond donors (Lipinski definition) is 1. The van der Waals surface area contributed by atoms with Gasteiger partial charge in [-0.3, -0.25) is 4.68 Å².